The highest BCUT2D eigenvalue weighted by atomic mass is 32.2. The molecular weight excluding hydrogens is 372 g/mol. The number of ether oxygens (including phenoxy) is 2. The molecule has 0 aliphatic rings. The quantitative estimate of drug-likeness (QED) is 0.350. The van der Waals surface area contributed by atoms with Crippen LogP contribution in [0, 0.1) is 20.2 Å². The van der Waals surface area contributed by atoms with Gasteiger partial charge in [-0.05, 0) is 12.1 Å². The number of nitro groups is 2. The van der Waals surface area contributed by atoms with Crippen molar-refractivity contribution in [2.45, 2.75) is 0 Å². The third-order valence-electron chi connectivity index (χ3n) is 2.72. The first kappa shape index (κ1) is 18.8. The maximum Gasteiger partial charge on any atom is 0.412 e. The fourth-order valence-corrected chi connectivity index (χ4v) is 2.02. The first-order chi connectivity index (χ1) is 12.2. The summed E-state index contributed by atoms with van der Waals surface area (Å²) in [4.78, 5) is 20.4. The fourth-order valence-electron chi connectivity index (χ4n) is 1.74. The van der Waals surface area contributed by atoms with Gasteiger partial charge in [-0.25, -0.2) is 5.14 Å². The topological polar surface area (TPSA) is 177 Å². The third kappa shape index (κ3) is 4.96. The summed E-state index contributed by atoms with van der Waals surface area (Å²) in [5.41, 5.74) is -1.03. The van der Waals surface area contributed by atoms with Crippen LogP contribution in [0.5, 0.6) is 11.5 Å². The van der Waals surface area contributed by atoms with Crippen molar-refractivity contribution in [1.82, 2.24) is 0 Å². The van der Waals surface area contributed by atoms with E-state index in [2.05, 4.69) is 4.40 Å². The number of para-hydroxylation sites is 4. The van der Waals surface area contributed by atoms with Crippen LogP contribution in [-0.2, 0) is 10.2 Å². The lowest BCUT2D eigenvalue weighted by molar-refractivity contribution is -0.385. The van der Waals surface area contributed by atoms with Gasteiger partial charge in [0.05, 0.1) is 9.85 Å². The molecule has 2 aromatic carbocycles. The highest BCUT2D eigenvalue weighted by molar-refractivity contribution is 7.87. The molecule has 0 saturated carbocycles. The number of hydrogen-bond acceptors (Lipinski definition) is 8. The Labute approximate surface area is 146 Å². The predicted molar refractivity (Wildman–Crippen MR) is 88.0 cm³/mol. The number of nitro benzene ring substituents is 2. The van der Waals surface area contributed by atoms with E-state index in [1.54, 1.807) is 0 Å². The van der Waals surface area contributed by atoms with Crippen LogP contribution in [0.3, 0.4) is 0 Å². The van der Waals surface area contributed by atoms with Crippen molar-refractivity contribution in [3.05, 3.63) is 68.8 Å². The maximum absolute atomic E-state index is 11.2. The lowest BCUT2D eigenvalue weighted by atomic mass is 10.3. The fraction of sp³-hybridized carbons (Fsp3) is 0. The Kier molecular flexibility index (Phi) is 5.44. The van der Waals surface area contributed by atoms with Crippen LogP contribution in [0.4, 0.5) is 11.4 Å². The lowest BCUT2D eigenvalue weighted by Gasteiger charge is -2.09. The van der Waals surface area contributed by atoms with E-state index in [0.717, 1.165) is 24.3 Å². The Balaban J connectivity index is 2.46. The van der Waals surface area contributed by atoms with Gasteiger partial charge >= 0.3 is 27.7 Å². The molecule has 2 N–H and O–H groups in total. The van der Waals surface area contributed by atoms with E-state index in [0.29, 0.717) is 0 Å². The SMILES string of the molecule is NS(=O)(=O)N=C(Oc1ccccc1[N+](=O)[O-])Oc1ccccc1[N+](=O)[O-]. The van der Waals surface area contributed by atoms with Crippen molar-refractivity contribution in [3.63, 3.8) is 0 Å². The van der Waals surface area contributed by atoms with Gasteiger partial charge in [0, 0.05) is 12.1 Å². The number of nitrogens with zero attached hydrogens (tertiary/aromatic N) is 3. The zero-order chi connectivity index (χ0) is 19.3. The first-order valence-corrected chi connectivity index (χ1v) is 8.13. The summed E-state index contributed by atoms with van der Waals surface area (Å²) in [5, 5.41) is 26.8. The first-order valence-electron chi connectivity index (χ1n) is 6.62. The summed E-state index contributed by atoms with van der Waals surface area (Å²) in [5.74, 6) is -0.808. The van der Waals surface area contributed by atoms with Gasteiger partial charge in [-0.15, -0.1) is 0 Å². The molecule has 0 radical (unpaired) electrons. The van der Waals surface area contributed by atoms with Crippen LogP contribution in [0.25, 0.3) is 0 Å². The van der Waals surface area contributed by atoms with Crippen molar-refractivity contribution >= 4 is 27.7 Å². The van der Waals surface area contributed by atoms with Gasteiger partial charge in [0.2, 0.25) is 11.5 Å². The number of rotatable bonds is 5. The van der Waals surface area contributed by atoms with Crippen molar-refractivity contribution in [1.29, 1.82) is 0 Å². The Morgan fingerprint density at radius 2 is 1.27 bits per heavy atom. The molecule has 13 heteroatoms. The van der Waals surface area contributed by atoms with Gasteiger partial charge in [-0.3, -0.25) is 20.2 Å². The molecule has 0 atom stereocenters. The Hall–Kier alpha value is -3.58. The molecule has 2 aromatic rings. The minimum Gasteiger partial charge on any atom is -0.403 e. The molecule has 0 saturated heterocycles. The van der Waals surface area contributed by atoms with Crippen LogP contribution in [-0.4, -0.2) is 24.3 Å². The minimum absolute atomic E-state index is 0.404. The molecule has 0 aromatic heterocycles. The van der Waals surface area contributed by atoms with Crippen molar-refractivity contribution in [3.8, 4) is 11.5 Å². The molecule has 2 rings (SSSR count). The van der Waals surface area contributed by atoms with Crippen LogP contribution in [0.2, 0.25) is 0 Å². The van der Waals surface area contributed by atoms with E-state index in [4.69, 9.17) is 14.6 Å². The Bertz CT molecular complexity index is 928. The Morgan fingerprint density at radius 1 is 0.885 bits per heavy atom. The second-order valence-electron chi connectivity index (χ2n) is 4.53. The molecule has 0 aliphatic heterocycles. The largest absolute Gasteiger partial charge is 0.412 e. The van der Waals surface area contributed by atoms with Crippen LogP contribution < -0.4 is 14.6 Å². The molecule has 0 unspecified atom stereocenters. The van der Waals surface area contributed by atoms with E-state index >= 15 is 0 Å². The molecule has 12 nitrogen and oxygen atoms in total. The second kappa shape index (κ2) is 7.54. The van der Waals surface area contributed by atoms with E-state index in [9.17, 15) is 28.6 Å². The number of benzene rings is 2. The van der Waals surface area contributed by atoms with Gasteiger partial charge in [-0.1, -0.05) is 28.7 Å². The second-order valence-corrected chi connectivity index (χ2v) is 5.74. The molecule has 0 bridgehead atoms. The molecule has 0 spiro atoms. The van der Waals surface area contributed by atoms with Gasteiger partial charge in [0.1, 0.15) is 0 Å². The number of hydrogen-bond donors (Lipinski definition) is 1. The molecule has 136 valence electrons. The standard InChI is InChI=1S/C13H10N4O8S/c14-26(22,23)15-13(24-11-7-3-1-5-9(11)16(18)19)25-12-8-4-2-6-10(12)17(20)21/h1-8H,(H2,14,22,23). The molecular formula is C13H10N4O8S. The monoisotopic (exact) mass is 382 g/mol. The summed E-state index contributed by atoms with van der Waals surface area (Å²) in [7, 11) is -4.53. The zero-order valence-electron chi connectivity index (χ0n) is 12.7. The number of nitrogens with two attached hydrogens (primary N) is 1. The molecule has 0 amide bonds. The van der Waals surface area contributed by atoms with Gasteiger partial charge in [0.25, 0.3) is 0 Å². The summed E-state index contributed by atoms with van der Waals surface area (Å²) in [6, 6.07) is 9.95. The summed E-state index contributed by atoms with van der Waals surface area (Å²) in [6.45, 7) is 0. The highest BCUT2D eigenvalue weighted by Gasteiger charge is 2.22. The maximum atomic E-state index is 11.2. The summed E-state index contributed by atoms with van der Waals surface area (Å²) in [6.07, 6.45) is -1.05. The molecule has 0 aliphatic carbocycles. The lowest BCUT2D eigenvalue weighted by Crippen LogP contribution is -2.22. The van der Waals surface area contributed by atoms with E-state index in [1.165, 1.54) is 24.3 Å². The Morgan fingerprint density at radius 3 is 1.62 bits per heavy atom. The van der Waals surface area contributed by atoms with Crippen LogP contribution in [0.15, 0.2) is 52.9 Å². The van der Waals surface area contributed by atoms with E-state index in [1.807, 2.05) is 0 Å². The molecule has 0 heterocycles. The van der Waals surface area contributed by atoms with Crippen LogP contribution in [0.1, 0.15) is 0 Å². The van der Waals surface area contributed by atoms with Crippen molar-refractivity contribution < 1.29 is 27.7 Å². The smallest absolute Gasteiger partial charge is 0.403 e. The van der Waals surface area contributed by atoms with E-state index in [-0.39, 0.29) is 0 Å². The van der Waals surface area contributed by atoms with Crippen LogP contribution >= 0.6 is 0 Å². The average molecular weight is 382 g/mol. The van der Waals surface area contributed by atoms with Crippen molar-refractivity contribution in [2.75, 3.05) is 0 Å². The van der Waals surface area contributed by atoms with Gasteiger partial charge in [-0.2, -0.15) is 8.42 Å². The third-order valence-corrected chi connectivity index (χ3v) is 3.12. The van der Waals surface area contributed by atoms with Gasteiger partial charge < -0.3 is 9.47 Å². The molecule has 0 fully saturated rings. The predicted octanol–water partition coefficient (Wildman–Crippen LogP) is 1.52. The van der Waals surface area contributed by atoms with Crippen molar-refractivity contribution in [2.24, 2.45) is 9.54 Å². The summed E-state index contributed by atoms with van der Waals surface area (Å²) >= 11 is 0. The zero-order valence-corrected chi connectivity index (χ0v) is 13.5. The highest BCUT2D eigenvalue weighted by Crippen LogP contribution is 2.29. The summed E-state index contributed by atoms with van der Waals surface area (Å²) < 4.78 is 35.5. The van der Waals surface area contributed by atoms with E-state index < -0.39 is 49.0 Å². The molecule has 26 heavy (non-hydrogen) atoms. The minimum atomic E-state index is -4.53. The van der Waals surface area contributed by atoms with Gasteiger partial charge in [0.15, 0.2) is 0 Å². The average Bonchev–Trinajstić information content (AvgIpc) is 2.53. The normalized spacial score (nSPS) is 10.7.